The number of hydrogen-bond donors (Lipinski definition) is 1. The van der Waals surface area contributed by atoms with Crippen molar-refractivity contribution in [2.45, 2.75) is 44.8 Å². The van der Waals surface area contributed by atoms with Gasteiger partial charge in [-0.2, -0.15) is 5.26 Å². The molecule has 1 N–H and O–H groups in total. The topological polar surface area (TPSA) is 123 Å². The van der Waals surface area contributed by atoms with E-state index in [-0.39, 0.29) is 16.0 Å². The molecule has 39 heavy (non-hydrogen) atoms. The molecule has 0 atom stereocenters. The number of aliphatic carboxylic acids is 1. The molecule has 0 bridgehead atoms. The number of carboxylic acid groups (broad SMARTS) is 1. The molecule has 4 aromatic rings. The van der Waals surface area contributed by atoms with Gasteiger partial charge in [0.05, 0.1) is 19.8 Å². The molecule has 5 rings (SSSR count). The second-order valence-electron chi connectivity index (χ2n) is 9.06. The molecule has 0 spiro atoms. The van der Waals surface area contributed by atoms with Crippen LogP contribution < -0.4 is 9.47 Å². The summed E-state index contributed by atoms with van der Waals surface area (Å²) in [5, 5.41) is 29.0. The molecule has 0 amide bonds. The molecule has 0 aliphatic heterocycles. The van der Waals surface area contributed by atoms with Gasteiger partial charge in [-0.25, -0.2) is 4.79 Å². The van der Waals surface area contributed by atoms with Crippen molar-refractivity contribution in [3.8, 4) is 34.0 Å². The highest BCUT2D eigenvalue weighted by Crippen LogP contribution is 2.39. The number of benzene rings is 1. The van der Waals surface area contributed by atoms with Gasteiger partial charge in [0.25, 0.3) is 5.22 Å². The zero-order valence-corrected chi connectivity index (χ0v) is 23.5. The number of aryl methyl sites for hydroxylation is 2. The number of carbonyl (C=O) groups is 1. The van der Waals surface area contributed by atoms with E-state index in [4.69, 9.17) is 13.9 Å². The summed E-state index contributed by atoms with van der Waals surface area (Å²) in [5.74, 6) is 0.217. The van der Waals surface area contributed by atoms with Gasteiger partial charge in [-0.15, -0.1) is 21.5 Å². The molecular formula is C28H26N4O5S2. The monoisotopic (exact) mass is 562 g/mol. The Morgan fingerprint density at radius 1 is 1.15 bits per heavy atom. The summed E-state index contributed by atoms with van der Waals surface area (Å²) >= 11 is 2.54. The molecule has 0 radical (unpaired) electrons. The minimum atomic E-state index is -1.11. The first-order valence-electron chi connectivity index (χ1n) is 12.3. The van der Waals surface area contributed by atoms with Crippen molar-refractivity contribution < 1.29 is 23.8 Å². The van der Waals surface area contributed by atoms with E-state index in [0.29, 0.717) is 17.1 Å². The largest absolute Gasteiger partial charge is 0.497 e. The number of methoxy groups -OCH3 is 2. The number of carboxylic acids is 1. The fourth-order valence-electron chi connectivity index (χ4n) is 4.74. The van der Waals surface area contributed by atoms with Crippen molar-refractivity contribution in [2.75, 3.05) is 14.2 Å². The third-order valence-electron chi connectivity index (χ3n) is 6.64. The van der Waals surface area contributed by atoms with Gasteiger partial charge in [0.1, 0.15) is 27.5 Å². The first kappa shape index (κ1) is 26.6. The fourth-order valence-corrected chi connectivity index (χ4v) is 6.85. The molecule has 0 fully saturated rings. The molecule has 1 aliphatic rings. The van der Waals surface area contributed by atoms with E-state index >= 15 is 0 Å². The van der Waals surface area contributed by atoms with Crippen LogP contribution in [-0.2, 0) is 17.6 Å². The highest BCUT2D eigenvalue weighted by atomic mass is 32.2. The van der Waals surface area contributed by atoms with E-state index in [9.17, 15) is 15.2 Å². The number of fused-ring (bicyclic) bond motifs is 1. The van der Waals surface area contributed by atoms with Crippen LogP contribution >= 0.6 is 23.1 Å². The van der Waals surface area contributed by atoms with Crippen molar-refractivity contribution in [1.82, 2.24) is 14.8 Å². The highest BCUT2D eigenvalue weighted by molar-refractivity contribution is 8.03. The number of nitrogens with zero attached hydrogens (tertiary/aromatic N) is 4. The fraction of sp³-hybridized carbons (Fsp3) is 0.286. The maximum Gasteiger partial charge on any atom is 0.342 e. The van der Waals surface area contributed by atoms with Crippen LogP contribution in [0.3, 0.4) is 0 Å². The Bertz CT molecular complexity index is 1620. The normalized spacial score (nSPS) is 13.2. The van der Waals surface area contributed by atoms with Crippen molar-refractivity contribution in [1.29, 1.82) is 5.26 Å². The molecule has 1 aromatic carbocycles. The molecule has 9 nitrogen and oxygen atoms in total. The standard InChI is InChI=1S/C28H26N4O5S2/c1-15-9-17(16(2)32(15)26-22(14-29)21-7-5-6-8-23(21)38-26)12-24(27(33)34)39-28-31-30-25(37-28)18-10-19(35-3)13-20(11-18)36-4/h9-13H,5-8H2,1-4H3,(H,33,34)/b24-12-. The van der Waals surface area contributed by atoms with Crippen molar-refractivity contribution in [2.24, 2.45) is 0 Å². The summed E-state index contributed by atoms with van der Waals surface area (Å²) in [5.41, 5.74) is 5.00. The number of hydrogen-bond acceptors (Lipinski definition) is 9. The highest BCUT2D eigenvalue weighted by Gasteiger charge is 2.24. The molecule has 0 saturated carbocycles. The minimum Gasteiger partial charge on any atom is -0.497 e. The Balaban J connectivity index is 1.47. The first-order chi connectivity index (χ1) is 18.8. The number of aromatic nitrogens is 3. The van der Waals surface area contributed by atoms with Crippen LogP contribution in [0.2, 0.25) is 0 Å². The van der Waals surface area contributed by atoms with Gasteiger partial charge in [-0.05, 0) is 86.7 Å². The molecule has 3 aromatic heterocycles. The lowest BCUT2D eigenvalue weighted by atomic mass is 9.96. The maximum atomic E-state index is 12.2. The van der Waals surface area contributed by atoms with Crippen molar-refractivity contribution in [3.05, 3.63) is 62.1 Å². The predicted octanol–water partition coefficient (Wildman–Crippen LogP) is 6.19. The van der Waals surface area contributed by atoms with E-state index in [2.05, 4.69) is 20.8 Å². The Labute approximate surface area is 233 Å². The van der Waals surface area contributed by atoms with Crippen LogP contribution in [0.15, 0.2) is 38.8 Å². The van der Waals surface area contributed by atoms with Gasteiger partial charge in [0, 0.05) is 27.9 Å². The van der Waals surface area contributed by atoms with Gasteiger partial charge in [0.15, 0.2) is 0 Å². The summed E-state index contributed by atoms with van der Waals surface area (Å²) in [6.45, 7) is 3.90. The Hall–Kier alpha value is -4.01. The van der Waals surface area contributed by atoms with E-state index in [1.807, 2.05) is 19.9 Å². The number of thioether (sulfide) groups is 1. The zero-order chi connectivity index (χ0) is 27.7. The summed E-state index contributed by atoms with van der Waals surface area (Å²) < 4.78 is 18.4. The maximum absolute atomic E-state index is 12.2. The number of ether oxygens (including phenoxy) is 2. The van der Waals surface area contributed by atoms with Crippen LogP contribution in [0.1, 0.15) is 45.8 Å². The lowest BCUT2D eigenvalue weighted by Gasteiger charge is -2.10. The zero-order valence-electron chi connectivity index (χ0n) is 21.9. The summed E-state index contributed by atoms with van der Waals surface area (Å²) in [6.07, 6.45) is 5.75. The Morgan fingerprint density at radius 3 is 2.54 bits per heavy atom. The van der Waals surface area contributed by atoms with Crippen LogP contribution in [0.25, 0.3) is 22.5 Å². The molecule has 0 unspecified atom stereocenters. The molecule has 3 heterocycles. The lowest BCUT2D eigenvalue weighted by molar-refractivity contribution is -0.131. The number of thiophene rings is 1. The van der Waals surface area contributed by atoms with E-state index < -0.39 is 5.97 Å². The third-order valence-corrected chi connectivity index (χ3v) is 8.77. The summed E-state index contributed by atoms with van der Waals surface area (Å²) in [7, 11) is 3.09. The van der Waals surface area contributed by atoms with Crippen LogP contribution in [-0.4, -0.2) is 40.1 Å². The average molecular weight is 563 g/mol. The molecule has 0 saturated heterocycles. The Kier molecular flexibility index (Phi) is 7.50. The molecule has 1 aliphatic carbocycles. The molecule has 200 valence electrons. The summed E-state index contributed by atoms with van der Waals surface area (Å²) in [6, 6.07) is 9.53. The van der Waals surface area contributed by atoms with E-state index in [1.54, 1.807) is 49.8 Å². The lowest BCUT2D eigenvalue weighted by Crippen LogP contribution is -2.02. The van der Waals surface area contributed by atoms with Crippen LogP contribution in [0, 0.1) is 25.2 Å². The second-order valence-corrected chi connectivity index (χ2v) is 11.1. The SMILES string of the molecule is COc1cc(OC)cc(-c2nnc(S/C(=C\c3cc(C)n(-c4sc5c(c4C#N)CCCC5)c3C)C(=O)O)o2)c1. The third kappa shape index (κ3) is 5.17. The number of rotatable bonds is 8. The van der Waals surface area contributed by atoms with Crippen molar-refractivity contribution >= 4 is 35.1 Å². The van der Waals surface area contributed by atoms with E-state index in [0.717, 1.165) is 70.5 Å². The minimum absolute atomic E-state index is 0.0275. The summed E-state index contributed by atoms with van der Waals surface area (Å²) in [4.78, 5) is 13.5. The van der Waals surface area contributed by atoms with Gasteiger partial charge in [-0.3, -0.25) is 0 Å². The van der Waals surface area contributed by atoms with Gasteiger partial charge in [-0.1, -0.05) is 0 Å². The molecular weight excluding hydrogens is 536 g/mol. The smallest absolute Gasteiger partial charge is 0.342 e. The first-order valence-corrected chi connectivity index (χ1v) is 13.9. The van der Waals surface area contributed by atoms with Gasteiger partial charge < -0.3 is 23.6 Å². The quantitative estimate of drug-likeness (QED) is 0.198. The average Bonchev–Trinajstić information content (AvgIpc) is 3.63. The molecule has 11 heteroatoms. The number of nitriles is 1. The van der Waals surface area contributed by atoms with Crippen molar-refractivity contribution in [3.63, 3.8) is 0 Å². The van der Waals surface area contributed by atoms with Gasteiger partial charge >= 0.3 is 5.97 Å². The Morgan fingerprint density at radius 2 is 1.87 bits per heavy atom. The van der Waals surface area contributed by atoms with Gasteiger partial charge in [0.2, 0.25) is 5.89 Å². The van der Waals surface area contributed by atoms with Crippen LogP contribution in [0.5, 0.6) is 11.5 Å². The predicted molar refractivity (Wildman–Crippen MR) is 149 cm³/mol. The van der Waals surface area contributed by atoms with E-state index in [1.165, 1.54) is 4.88 Å². The second kappa shape index (κ2) is 11.0. The van der Waals surface area contributed by atoms with Crippen LogP contribution in [0.4, 0.5) is 0 Å².